The zero-order valence-electron chi connectivity index (χ0n) is 15.1. The van der Waals surface area contributed by atoms with E-state index in [4.69, 9.17) is 0 Å². The zero-order valence-corrected chi connectivity index (χ0v) is 16.7. The molecule has 0 fully saturated rings. The van der Waals surface area contributed by atoms with Crippen molar-refractivity contribution in [3.8, 4) is 5.69 Å². The van der Waals surface area contributed by atoms with Crippen LogP contribution in [0.5, 0.6) is 0 Å². The summed E-state index contributed by atoms with van der Waals surface area (Å²) in [4.78, 5) is 28.2. The summed E-state index contributed by atoms with van der Waals surface area (Å²) in [5.74, 6) is -0.504. The van der Waals surface area contributed by atoms with Gasteiger partial charge in [0.15, 0.2) is 5.13 Å². The third-order valence-electron chi connectivity index (χ3n) is 3.85. The van der Waals surface area contributed by atoms with Crippen LogP contribution in [0.15, 0.2) is 53.7 Å². The van der Waals surface area contributed by atoms with E-state index >= 15 is 0 Å². The lowest BCUT2D eigenvalue weighted by Gasteiger charge is -2.05. The van der Waals surface area contributed by atoms with Gasteiger partial charge in [0.1, 0.15) is 0 Å². The molecule has 0 bridgehead atoms. The molecule has 9 nitrogen and oxygen atoms in total. The normalized spacial score (nSPS) is 10.8. The summed E-state index contributed by atoms with van der Waals surface area (Å²) >= 11 is 2.62. The third kappa shape index (κ3) is 4.25. The Bertz CT molecular complexity index is 1140. The number of benzene rings is 2. The average Bonchev–Trinajstić information content (AvgIpc) is 3.38. The molecule has 1 N–H and O–H groups in total. The number of thiazole rings is 1. The topological polar surface area (TPSA) is 112 Å². The van der Waals surface area contributed by atoms with E-state index in [1.165, 1.54) is 34.9 Å². The van der Waals surface area contributed by atoms with Crippen LogP contribution in [-0.4, -0.2) is 49.9 Å². The smallest absolute Gasteiger partial charge is 0.337 e. The van der Waals surface area contributed by atoms with E-state index in [2.05, 4.69) is 30.6 Å². The SMILES string of the molecule is COC(=O)c1ccc(-n2nnnc2SCC(=O)Nc2nc3ccccc3s2)cc1. The Morgan fingerprint density at radius 1 is 1.17 bits per heavy atom. The number of thioether (sulfide) groups is 1. The first-order chi connectivity index (χ1) is 14.1. The summed E-state index contributed by atoms with van der Waals surface area (Å²) in [5, 5.41) is 15.4. The molecular weight excluding hydrogens is 412 g/mol. The number of anilines is 1. The zero-order chi connectivity index (χ0) is 20.2. The van der Waals surface area contributed by atoms with Crippen LogP contribution < -0.4 is 5.32 Å². The Morgan fingerprint density at radius 3 is 2.72 bits per heavy atom. The second kappa shape index (κ2) is 8.37. The van der Waals surface area contributed by atoms with E-state index in [-0.39, 0.29) is 11.7 Å². The fraction of sp³-hybridized carbons (Fsp3) is 0.111. The lowest BCUT2D eigenvalue weighted by Crippen LogP contribution is -2.14. The van der Waals surface area contributed by atoms with Gasteiger partial charge in [-0.15, -0.1) is 5.10 Å². The lowest BCUT2D eigenvalue weighted by molar-refractivity contribution is -0.113. The summed E-state index contributed by atoms with van der Waals surface area (Å²) < 4.78 is 7.19. The maximum Gasteiger partial charge on any atom is 0.337 e. The number of tetrazole rings is 1. The monoisotopic (exact) mass is 426 g/mol. The summed E-state index contributed by atoms with van der Waals surface area (Å²) in [5.41, 5.74) is 1.94. The number of amides is 1. The third-order valence-corrected chi connectivity index (χ3v) is 5.72. The van der Waals surface area contributed by atoms with E-state index in [1.807, 2.05) is 24.3 Å². The van der Waals surface area contributed by atoms with E-state index < -0.39 is 5.97 Å². The quantitative estimate of drug-likeness (QED) is 0.370. The van der Waals surface area contributed by atoms with Crippen molar-refractivity contribution >= 4 is 50.3 Å². The van der Waals surface area contributed by atoms with Crippen molar-refractivity contribution in [3.63, 3.8) is 0 Å². The van der Waals surface area contributed by atoms with Crippen LogP contribution >= 0.6 is 23.1 Å². The van der Waals surface area contributed by atoms with Gasteiger partial charge in [-0.05, 0) is 46.8 Å². The van der Waals surface area contributed by atoms with Crippen molar-refractivity contribution in [2.45, 2.75) is 5.16 Å². The van der Waals surface area contributed by atoms with Crippen molar-refractivity contribution in [2.24, 2.45) is 0 Å². The van der Waals surface area contributed by atoms with E-state index in [1.54, 1.807) is 24.3 Å². The molecule has 29 heavy (non-hydrogen) atoms. The molecule has 4 rings (SSSR count). The van der Waals surface area contributed by atoms with Crippen LogP contribution in [-0.2, 0) is 9.53 Å². The van der Waals surface area contributed by atoms with Gasteiger partial charge in [-0.3, -0.25) is 4.79 Å². The Morgan fingerprint density at radius 2 is 1.97 bits per heavy atom. The molecule has 0 aliphatic carbocycles. The molecule has 0 saturated heterocycles. The van der Waals surface area contributed by atoms with E-state index in [0.29, 0.717) is 21.5 Å². The molecule has 0 unspecified atom stereocenters. The van der Waals surface area contributed by atoms with Crippen LogP contribution in [0.1, 0.15) is 10.4 Å². The van der Waals surface area contributed by atoms with Gasteiger partial charge in [-0.2, -0.15) is 4.68 Å². The molecule has 0 radical (unpaired) electrons. The predicted molar refractivity (Wildman–Crippen MR) is 109 cm³/mol. The van der Waals surface area contributed by atoms with Gasteiger partial charge in [-0.1, -0.05) is 35.2 Å². The number of hydrogen-bond acceptors (Lipinski definition) is 9. The van der Waals surface area contributed by atoms with Crippen molar-refractivity contribution in [3.05, 3.63) is 54.1 Å². The minimum Gasteiger partial charge on any atom is -0.465 e. The number of nitrogens with one attached hydrogen (secondary N) is 1. The highest BCUT2D eigenvalue weighted by Gasteiger charge is 2.14. The van der Waals surface area contributed by atoms with Crippen molar-refractivity contribution in [2.75, 3.05) is 18.2 Å². The molecule has 0 saturated carbocycles. The minimum atomic E-state index is -0.422. The van der Waals surface area contributed by atoms with Crippen LogP contribution in [0, 0.1) is 0 Å². The highest BCUT2D eigenvalue weighted by atomic mass is 32.2. The largest absolute Gasteiger partial charge is 0.465 e. The number of hydrogen-bond donors (Lipinski definition) is 1. The van der Waals surface area contributed by atoms with Gasteiger partial charge in [0.25, 0.3) is 0 Å². The van der Waals surface area contributed by atoms with E-state index in [0.717, 1.165) is 10.2 Å². The maximum absolute atomic E-state index is 12.3. The number of fused-ring (bicyclic) bond motifs is 1. The van der Waals surface area contributed by atoms with Gasteiger partial charge in [0.2, 0.25) is 11.1 Å². The number of nitrogens with zero attached hydrogens (tertiary/aromatic N) is 5. The van der Waals surface area contributed by atoms with Gasteiger partial charge in [0.05, 0.1) is 34.3 Å². The van der Waals surface area contributed by atoms with Crippen LogP contribution in [0.3, 0.4) is 0 Å². The molecule has 146 valence electrons. The predicted octanol–water partition coefficient (Wildman–Crippen LogP) is 2.79. The van der Waals surface area contributed by atoms with Gasteiger partial charge in [0, 0.05) is 0 Å². The molecule has 0 aliphatic rings. The molecule has 2 aromatic carbocycles. The molecule has 2 heterocycles. The summed E-state index contributed by atoms with van der Waals surface area (Å²) in [7, 11) is 1.33. The fourth-order valence-electron chi connectivity index (χ4n) is 2.50. The number of rotatable bonds is 6. The Balaban J connectivity index is 1.41. The molecule has 2 aromatic heterocycles. The van der Waals surface area contributed by atoms with Gasteiger partial charge < -0.3 is 10.1 Å². The molecule has 4 aromatic rings. The Hall–Kier alpha value is -3.31. The van der Waals surface area contributed by atoms with Crippen molar-refractivity contribution in [1.82, 2.24) is 25.2 Å². The number of para-hydroxylation sites is 1. The Kier molecular flexibility index (Phi) is 5.49. The molecule has 0 atom stereocenters. The first-order valence-corrected chi connectivity index (χ1v) is 10.2. The number of methoxy groups -OCH3 is 1. The molecule has 1 amide bonds. The lowest BCUT2D eigenvalue weighted by atomic mass is 10.2. The molecule has 11 heteroatoms. The second-order valence-corrected chi connectivity index (χ2v) is 7.71. The summed E-state index contributed by atoms with van der Waals surface area (Å²) in [6.07, 6.45) is 0. The Labute approximate surface area is 173 Å². The van der Waals surface area contributed by atoms with Crippen molar-refractivity contribution in [1.29, 1.82) is 0 Å². The highest BCUT2D eigenvalue weighted by Crippen LogP contribution is 2.26. The van der Waals surface area contributed by atoms with Gasteiger partial charge in [-0.25, -0.2) is 9.78 Å². The number of carbonyl (C=O) groups excluding carboxylic acids is 2. The maximum atomic E-state index is 12.3. The minimum absolute atomic E-state index is 0.122. The first kappa shape index (κ1) is 19.0. The standard InChI is InChI=1S/C18H14N6O3S2/c1-27-16(26)11-6-8-12(9-7-11)24-18(21-22-23-24)28-10-15(25)20-17-19-13-4-2-3-5-14(13)29-17/h2-9H,10H2,1H3,(H,19,20,25). The van der Waals surface area contributed by atoms with Crippen LogP contribution in [0.2, 0.25) is 0 Å². The molecule has 0 spiro atoms. The summed E-state index contributed by atoms with van der Waals surface area (Å²) in [6.45, 7) is 0. The summed E-state index contributed by atoms with van der Waals surface area (Å²) in [6, 6.07) is 14.3. The molecular formula is C18H14N6O3S2. The van der Waals surface area contributed by atoms with E-state index in [9.17, 15) is 9.59 Å². The first-order valence-electron chi connectivity index (χ1n) is 8.39. The van der Waals surface area contributed by atoms with Crippen molar-refractivity contribution < 1.29 is 14.3 Å². The average molecular weight is 426 g/mol. The number of ether oxygens (including phenoxy) is 1. The fourth-order valence-corrected chi connectivity index (χ4v) is 4.07. The molecule has 0 aliphatic heterocycles. The van der Waals surface area contributed by atoms with Crippen LogP contribution in [0.4, 0.5) is 5.13 Å². The second-order valence-electron chi connectivity index (χ2n) is 5.74. The number of aromatic nitrogens is 5. The van der Waals surface area contributed by atoms with Crippen LogP contribution in [0.25, 0.3) is 15.9 Å². The number of carbonyl (C=O) groups is 2. The number of esters is 1. The van der Waals surface area contributed by atoms with Gasteiger partial charge >= 0.3 is 5.97 Å². The highest BCUT2D eigenvalue weighted by molar-refractivity contribution is 7.99.